The smallest absolute Gasteiger partial charge is 0.336 e. The van der Waals surface area contributed by atoms with Gasteiger partial charge in [-0.2, -0.15) is 0 Å². The third-order valence-corrected chi connectivity index (χ3v) is 2.10. The summed E-state index contributed by atoms with van der Waals surface area (Å²) in [6, 6.07) is 0. The van der Waals surface area contributed by atoms with E-state index in [0.29, 0.717) is 12.1 Å². The Bertz CT molecular complexity index is 323. The molecule has 0 saturated carbocycles. The summed E-state index contributed by atoms with van der Waals surface area (Å²) >= 11 is 0. The first-order chi connectivity index (χ1) is 5.79. The number of hydrogen-bond donors (Lipinski definition) is 2. The number of hydrogen-bond acceptors (Lipinski definition) is 2. The van der Waals surface area contributed by atoms with Crippen LogP contribution in [0.1, 0.15) is 0 Å². The number of carboxylic acids is 1. The third-order valence-electron chi connectivity index (χ3n) is 2.10. The fraction of sp³-hybridized carbons (Fsp3) is 0.222. The summed E-state index contributed by atoms with van der Waals surface area (Å²) in [6.45, 7) is 1.50. The lowest BCUT2D eigenvalue weighted by atomic mass is 10.0. The molecule has 0 aromatic heterocycles. The standard InChI is InChI=1S/C9H9NO2/c11-9(12)7-2-1-6-3-4-10-5-8(6)7/h1-3,10H,4-5H2,(H,11,12). The van der Waals surface area contributed by atoms with E-state index in [9.17, 15) is 4.79 Å². The summed E-state index contributed by atoms with van der Waals surface area (Å²) in [6.07, 6.45) is 5.53. The minimum atomic E-state index is -0.839. The van der Waals surface area contributed by atoms with Gasteiger partial charge in [-0.3, -0.25) is 0 Å². The number of carbonyl (C=O) groups is 1. The largest absolute Gasteiger partial charge is 0.478 e. The Morgan fingerprint density at radius 3 is 3.08 bits per heavy atom. The van der Waals surface area contributed by atoms with E-state index in [1.165, 1.54) is 0 Å². The van der Waals surface area contributed by atoms with Crippen LogP contribution in [0.15, 0.2) is 34.9 Å². The van der Waals surface area contributed by atoms with Gasteiger partial charge in [0.05, 0.1) is 5.57 Å². The number of nitrogens with one attached hydrogen (secondary N) is 1. The number of aliphatic carboxylic acids is 1. The molecule has 12 heavy (non-hydrogen) atoms. The van der Waals surface area contributed by atoms with Gasteiger partial charge >= 0.3 is 5.97 Å². The van der Waals surface area contributed by atoms with Crippen LogP contribution >= 0.6 is 0 Å². The van der Waals surface area contributed by atoms with Crippen LogP contribution in [0.5, 0.6) is 0 Å². The highest BCUT2D eigenvalue weighted by molar-refractivity contribution is 5.94. The number of carboxylic acid groups (broad SMARTS) is 1. The van der Waals surface area contributed by atoms with Crippen LogP contribution < -0.4 is 5.32 Å². The van der Waals surface area contributed by atoms with Gasteiger partial charge in [-0.25, -0.2) is 4.79 Å². The lowest BCUT2D eigenvalue weighted by molar-refractivity contribution is -0.132. The lowest BCUT2D eigenvalue weighted by Crippen LogP contribution is -2.23. The van der Waals surface area contributed by atoms with Gasteiger partial charge in [0.15, 0.2) is 0 Å². The predicted molar refractivity (Wildman–Crippen MR) is 44.8 cm³/mol. The Morgan fingerprint density at radius 1 is 1.50 bits per heavy atom. The van der Waals surface area contributed by atoms with Crippen LogP contribution in [0, 0.1) is 0 Å². The van der Waals surface area contributed by atoms with Crippen LogP contribution in [0.3, 0.4) is 0 Å². The molecule has 0 aromatic rings. The van der Waals surface area contributed by atoms with E-state index in [0.717, 1.165) is 17.7 Å². The van der Waals surface area contributed by atoms with Crippen molar-refractivity contribution < 1.29 is 9.90 Å². The second kappa shape index (κ2) is 2.60. The first kappa shape index (κ1) is 7.31. The van der Waals surface area contributed by atoms with E-state index in [1.54, 1.807) is 6.08 Å². The molecule has 0 amide bonds. The summed E-state index contributed by atoms with van der Waals surface area (Å²) in [4.78, 5) is 10.7. The van der Waals surface area contributed by atoms with Crippen molar-refractivity contribution in [3.05, 3.63) is 34.9 Å². The average Bonchev–Trinajstić information content (AvgIpc) is 2.47. The number of rotatable bonds is 1. The highest BCUT2D eigenvalue weighted by Gasteiger charge is 2.20. The van der Waals surface area contributed by atoms with Gasteiger partial charge in [0.25, 0.3) is 0 Å². The summed E-state index contributed by atoms with van der Waals surface area (Å²) in [5, 5.41) is 11.9. The van der Waals surface area contributed by atoms with Crippen molar-refractivity contribution in [2.24, 2.45) is 0 Å². The zero-order valence-electron chi connectivity index (χ0n) is 6.50. The Morgan fingerprint density at radius 2 is 2.33 bits per heavy atom. The first-order valence-corrected chi connectivity index (χ1v) is 3.85. The first-order valence-electron chi connectivity index (χ1n) is 3.85. The zero-order chi connectivity index (χ0) is 8.55. The molecule has 3 heteroatoms. The van der Waals surface area contributed by atoms with Gasteiger partial charge in [0.2, 0.25) is 0 Å². The molecule has 0 bridgehead atoms. The Kier molecular flexibility index (Phi) is 1.59. The molecule has 0 radical (unpaired) electrons. The molecule has 2 rings (SSSR count). The Labute approximate surface area is 70.1 Å². The maximum atomic E-state index is 10.7. The second-order valence-electron chi connectivity index (χ2n) is 2.82. The van der Waals surface area contributed by atoms with Gasteiger partial charge in [0.1, 0.15) is 0 Å². The van der Waals surface area contributed by atoms with E-state index in [2.05, 4.69) is 5.32 Å². The van der Waals surface area contributed by atoms with E-state index in [-0.39, 0.29) is 0 Å². The molecule has 0 atom stereocenters. The van der Waals surface area contributed by atoms with Crippen molar-refractivity contribution in [1.82, 2.24) is 5.32 Å². The Balaban J connectivity index is 2.45. The van der Waals surface area contributed by atoms with E-state index in [1.807, 2.05) is 12.2 Å². The van der Waals surface area contributed by atoms with Gasteiger partial charge in [-0.1, -0.05) is 12.2 Å². The van der Waals surface area contributed by atoms with Crippen molar-refractivity contribution in [2.45, 2.75) is 0 Å². The van der Waals surface area contributed by atoms with Crippen molar-refractivity contribution in [2.75, 3.05) is 13.1 Å². The maximum absolute atomic E-state index is 10.7. The quantitative estimate of drug-likeness (QED) is 0.590. The zero-order valence-corrected chi connectivity index (χ0v) is 6.50. The molecule has 1 aliphatic carbocycles. The summed E-state index contributed by atoms with van der Waals surface area (Å²) < 4.78 is 0. The molecule has 2 aliphatic rings. The second-order valence-corrected chi connectivity index (χ2v) is 2.82. The fourth-order valence-electron chi connectivity index (χ4n) is 1.50. The van der Waals surface area contributed by atoms with Crippen LogP contribution in [0.25, 0.3) is 0 Å². The van der Waals surface area contributed by atoms with Crippen molar-refractivity contribution in [3.63, 3.8) is 0 Å². The summed E-state index contributed by atoms with van der Waals surface area (Å²) in [5.74, 6) is -0.839. The SMILES string of the molecule is O=C(O)C1=C2CNCC=C2C=C1. The number of allylic oxidation sites excluding steroid dienone is 1. The van der Waals surface area contributed by atoms with E-state index in [4.69, 9.17) is 5.11 Å². The highest BCUT2D eigenvalue weighted by atomic mass is 16.4. The van der Waals surface area contributed by atoms with Crippen molar-refractivity contribution >= 4 is 5.97 Å². The van der Waals surface area contributed by atoms with E-state index < -0.39 is 5.97 Å². The molecular weight excluding hydrogens is 154 g/mol. The third kappa shape index (κ3) is 0.987. The maximum Gasteiger partial charge on any atom is 0.336 e. The molecule has 0 saturated heterocycles. The molecule has 0 spiro atoms. The van der Waals surface area contributed by atoms with E-state index >= 15 is 0 Å². The van der Waals surface area contributed by atoms with Crippen molar-refractivity contribution in [3.8, 4) is 0 Å². The van der Waals surface area contributed by atoms with Crippen molar-refractivity contribution in [1.29, 1.82) is 0 Å². The topological polar surface area (TPSA) is 49.3 Å². The minimum Gasteiger partial charge on any atom is -0.478 e. The molecule has 0 unspecified atom stereocenters. The molecule has 3 nitrogen and oxygen atoms in total. The van der Waals surface area contributed by atoms with Crippen LogP contribution in [-0.2, 0) is 4.79 Å². The predicted octanol–water partition coefficient (Wildman–Crippen LogP) is 0.467. The van der Waals surface area contributed by atoms with Gasteiger partial charge in [0, 0.05) is 13.1 Å². The molecular formula is C9H9NO2. The van der Waals surface area contributed by atoms with Gasteiger partial charge in [-0.05, 0) is 17.2 Å². The minimum absolute atomic E-state index is 0.424. The average molecular weight is 163 g/mol. The number of fused-ring (bicyclic) bond motifs is 1. The van der Waals surface area contributed by atoms with Crippen LogP contribution in [0.4, 0.5) is 0 Å². The molecule has 2 N–H and O–H groups in total. The fourth-order valence-corrected chi connectivity index (χ4v) is 1.50. The molecule has 62 valence electrons. The Hall–Kier alpha value is -1.35. The van der Waals surface area contributed by atoms with Crippen LogP contribution in [0.2, 0.25) is 0 Å². The van der Waals surface area contributed by atoms with Gasteiger partial charge < -0.3 is 10.4 Å². The summed E-state index contributed by atoms with van der Waals surface area (Å²) in [7, 11) is 0. The van der Waals surface area contributed by atoms with Crippen LogP contribution in [-0.4, -0.2) is 24.2 Å². The summed E-state index contributed by atoms with van der Waals surface area (Å²) in [5.41, 5.74) is 2.40. The van der Waals surface area contributed by atoms with Gasteiger partial charge in [-0.15, -0.1) is 0 Å². The normalized spacial score (nSPS) is 20.8. The highest BCUT2D eigenvalue weighted by Crippen LogP contribution is 2.25. The molecule has 1 aliphatic heterocycles. The lowest BCUT2D eigenvalue weighted by Gasteiger charge is -2.13. The molecule has 0 aromatic carbocycles. The molecule has 0 fully saturated rings. The monoisotopic (exact) mass is 163 g/mol. The molecule has 1 heterocycles.